The maximum absolute atomic E-state index is 13.5. The van der Waals surface area contributed by atoms with Gasteiger partial charge in [0.2, 0.25) is 0 Å². The van der Waals surface area contributed by atoms with Crippen LogP contribution in [0.3, 0.4) is 0 Å². The molecule has 0 amide bonds. The van der Waals surface area contributed by atoms with Crippen molar-refractivity contribution in [3.8, 4) is 22.6 Å². The Balaban J connectivity index is 2.80. The molecule has 0 bridgehead atoms. The molecule has 0 aliphatic rings. The number of aromatic amines is 1. The molecule has 1 aromatic carbocycles. The summed E-state index contributed by atoms with van der Waals surface area (Å²) in [6, 6.07) is 0.536. The molecule has 17 heavy (non-hydrogen) atoms. The molecule has 0 unspecified atom stereocenters. The largest absolute Gasteiger partial charge is 0.504 e. The first-order valence-corrected chi connectivity index (χ1v) is 4.60. The van der Waals surface area contributed by atoms with E-state index in [1.807, 2.05) is 0 Å². The number of hydrogen-bond donors (Lipinski definition) is 3. The van der Waals surface area contributed by atoms with Crippen molar-refractivity contribution in [2.24, 2.45) is 0 Å². The predicted octanol–water partition coefficient (Wildman–Crippen LogP) is 1.65. The van der Waals surface area contributed by atoms with Gasteiger partial charge in [-0.1, -0.05) is 0 Å². The molecule has 0 atom stereocenters. The predicted molar refractivity (Wildman–Crippen MR) is 56.6 cm³/mol. The second-order valence-corrected chi connectivity index (χ2v) is 3.29. The van der Waals surface area contributed by atoms with E-state index in [0.717, 1.165) is 0 Å². The van der Waals surface area contributed by atoms with E-state index in [0.29, 0.717) is 6.07 Å². The van der Waals surface area contributed by atoms with Crippen LogP contribution in [0.15, 0.2) is 12.3 Å². The molecule has 2 aromatic rings. The molecule has 0 radical (unpaired) electrons. The van der Waals surface area contributed by atoms with Crippen molar-refractivity contribution < 1.29 is 18.6 Å². The van der Waals surface area contributed by atoms with Crippen LogP contribution in [-0.4, -0.2) is 22.4 Å². The van der Waals surface area contributed by atoms with Crippen molar-refractivity contribution in [3.05, 3.63) is 23.9 Å². The fraction of sp³-hybridized carbons (Fsp3) is 0.100. The summed E-state index contributed by atoms with van der Waals surface area (Å²) in [5, 5.41) is 15.6. The monoisotopic (exact) mass is 241 g/mol. The fourth-order valence-corrected chi connectivity index (χ4v) is 1.54. The molecule has 1 aromatic heterocycles. The maximum Gasteiger partial charge on any atom is 0.168 e. The molecule has 0 saturated heterocycles. The van der Waals surface area contributed by atoms with E-state index in [2.05, 4.69) is 10.2 Å². The first kappa shape index (κ1) is 11.2. The smallest absolute Gasteiger partial charge is 0.168 e. The number of benzene rings is 1. The number of hydrogen-bond acceptors (Lipinski definition) is 4. The molecule has 0 fully saturated rings. The Bertz CT molecular complexity index is 569. The summed E-state index contributed by atoms with van der Waals surface area (Å²) in [6.45, 7) is 0. The van der Waals surface area contributed by atoms with Crippen molar-refractivity contribution in [2.75, 3.05) is 12.8 Å². The highest BCUT2D eigenvalue weighted by Crippen LogP contribution is 2.42. The lowest BCUT2D eigenvalue weighted by Crippen LogP contribution is -1.96. The van der Waals surface area contributed by atoms with Gasteiger partial charge in [-0.25, -0.2) is 8.78 Å². The van der Waals surface area contributed by atoms with Crippen LogP contribution in [-0.2, 0) is 0 Å². The van der Waals surface area contributed by atoms with E-state index >= 15 is 0 Å². The first-order valence-electron chi connectivity index (χ1n) is 4.60. The number of phenolic OH excluding ortho intramolecular Hbond substituents is 1. The third-order valence-electron chi connectivity index (χ3n) is 2.30. The molecule has 90 valence electrons. The molecule has 0 spiro atoms. The third kappa shape index (κ3) is 1.65. The number of anilines is 1. The molecule has 0 saturated carbocycles. The number of phenols is 1. The topological polar surface area (TPSA) is 84.2 Å². The highest BCUT2D eigenvalue weighted by Gasteiger charge is 2.22. The van der Waals surface area contributed by atoms with Gasteiger partial charge in [0.25, 0.3) is 0 Å². The van der Waals surface area contributed by atoms with E-state index in [9.17, 15) is 13.9 Å². The van der Waals surface area contributed by atoms with Gasteiger partial charge < -0.3 is 15.6 Å². The molecule has 4 N–H and O–H groups in total. The summed E-state index contributed by atoms with van der Waals surface area (Å²) >= 11 is 0. The number of ether oxygens (including phenoxy) is 1. The zero-order valence-electron chi connectivity index (χ0n) is 8.79. The summed E-state index contributed by atoms with van der Waals surface area (Å²) in [4.78, 5) is 0. The number of aromatic hydroxyl groups is 1. The lowest BCUT2D eigenvalue weighted by atomic mass is 10.1. The van der Waals surface area contributed by atoms with E-state index < -0.39 is 17.4 Å². The van der Waals surface area contributed by atoms with Crippen LogP contribution in [0, 0.1) is 11.6 Å². The second kappa shape index (κ2) is 3.93. The van der Waals surface area contributed by atoms with Gasteiger partial charge in [-0.05, 0) is 0 Å². The summed E-state index contributed by atoms with van der Waals surface area (Å²) in [7, 11) is 1.20. The average Bonchev–Trinajstić information content (AvgIpc) is 2.69. The third-order valence-corrected chi connectivity index (χ3v) is 2.30. The highest BCUT2D eigenvalue weighted by atomic mass is 19.1. The van der Waals surface area contributed by atoms with Gasteiger partial charge >= 0.3 is 0 Å². The van der Waals surface area contributed by atoms with Crippen LogP contribution in [0.2, 0.25) is 0 Å². The Hall–Kier alpha value is -2.31. The van der Waals surface area contributed by atoms with Gasteiger partial charge in [-0.3, -0.25) is 5.10 Å². The molecule has 0 aliphatic carbocycles. The van der Waals surface area contributed by atoms with Crippen LogP contribution in [0.25, 0.3) is 11.1 Å². The zero-order valence-corrected chi connectivity index (χ0v) is 8.79. The first-order chi connectivity index (χ1) is 8.06. The lowest BCUT2D eigenvalue weighted by Gasteiger charge is -2.11. The number of nitrogens with one attached hydrogen (secondary N) is 1. The molecular formula is C10H9F2N3O2. The van der Waals surface area contributed by atoms with Gasteiger partial charge in [-0.2, -0.15) is 5.10 Å². The zero-order chi connectivity index (χ0) is 12.6. The van der Waals surface area contributed by atoms with Crippen LogP contribution in [0.4, 0.5) is 14.6 Å². The standard InChI is InChI=1S/C10H9F2N3O2/c1-17-9-6(12)2-5(11)8(16)7(9)4-3-14-15-10(4)13/h2-3,16H,1H3,(H3,13,14,15). The number of H-pyrrole nitrogens is 1. The minimum absolute atomic E-state index is 0.0728. The van der Waals surface area contributed by atoms with Gasteiger partial charge in [0, 0.05) is 6.07 Å². The van der Waals surface area contributed by atoms with Crippen LogP contribution < -0.4 is 10.5 Å². The maximum atomic E-state index is 13.5. The van der Waals surface area contributed by atoms with Gasteiger partial charge in [0.15, 0.2) is 23.1 Å². The molecule has 7 heteroatoms. The Morgan fingerprint density at radius 1 is 1.41 bits per heavy atom. The van der Waals surface area contributed by atoms with Gasteiger partial charge in [0.1, 0.15) is 5.82 Å². The Morgan fingerprint density at radius 3 is 2.65 bits per heavy atom. The van der Waals surface area contributed by atoms with Crippen molar-refractivity contribution >= 4 is 5.82 Å². The van der Waals surface area contributed by atoms with Crippen molar-refractivity contribution in [3.63, 3.8) is 0 Å². The Morgan fingerprint density at radius 2 is 2.12 bits per heavy atom. The van der Waals surface area contributed by atoms with E-state index in [1.54, 1.807) is 0 Å². The number of nitrogens with zero attached hydrogens (tertiary/aromatic N) is 1. The number of aromatic nitrogens is 2. The quantitative estimate of drug-likeness (QED) is 0.746. The van der Waals surface area contributed by atoms with Gasteiger partial charge in [-0.15, -0.1) is 0 Å². The highest BCUT2D eigenvalue weighted by molar-refractivity contribution is 5.82. The van der Waals surface area contributed by atoms with Gasteiger partial charge in [0.05, 0.1) is 24.4 Å². The Kier molecular flexibility index (Phi) is 2.58. The van der Waals surface area contributed by atoms with Crippen molar-refractivity contribution in [2.45, 2.75) is 0 Å². The average molecular weight is 241 g/mol. The summed E-state index contributed by atoms with van der Waals surface area (Å²) in [5.41, 5.74) is 5.53. The number of nitrogens with two attached hydrogens (primary N) is 1. The normalized spacial score (nSPS) is 10.5. The molecular weight excluding hydrogens is 232 g/mol. The molecule has 2 rings (SSSR count). The fourth-order valence-electron chi connectivity index (χ4n) is 1.54. The molecule has 0 aliphatic heterocycles. The van der Waals surface area contributed by atoms with Crippen molar-refractivity contribution in [1.82, 2.24) is 10.2 Å². The number of nitrogen functional groups attached to an aromatic ring is 1. The number of methoxy groups -OCH3 is 1. The van der Waals surface area contributed by atoms with Crippen LogP contribution in [0.1, 0.15) is 0 Å². The van der Waals surface area contributed by atoms with Crippen molar-refractivity contribution in [1.29, 1.82) is 0 Å². The lowest BCUT2D eigenvalue weighted by molar-refractivity contribution is 0.374. The second-order valence-electron chi connectivity index (χ2n) is 3.29. The summed E-state index contributed by atoms with van der Waals surface area (Å²) < 4.78 is 31.5. The number of rotatable bonds is 2. The number of halogens is 2. The summed E-state index contributed by atoms with van der Waals surface area (Å²) in [6.07, 6.45) is 1.24. The molecule has 1 heterocycles. The molecule has 5 nitrogen and oxygen atoms in total. The minimum atomic E-state index is -1.10. The van der Waals surface area contributed by atoms with Crippen LogP contribution >= 0.6 is 0 Å². The van der Waals surface area contributed by atoms with Crippen LogP contribution in [0.5, 0.6) is 11.5 Å². The minimum Gasteiger partial charge on any atom is -0.504 e. The SMILES string of the molecule is COc1c(F)cc(F)c(O)c1-c1cn[nH]c1N. The van der Waals surface area contributed by atoms with E-state index in [1.165, 1.54) is 13.3 Å². The summed E-state index contributed by atoms with van der Waals surface area (Å²) in [5.74, 6) is -2.99. The van der Waals surface area contributed by atoms with E-state index in [-0.39, 0.29) is 22.7 Å². The Labute approximate surface area is 94.8 Å². The van der Waals surface area contributed by atoms with E-state index in [4.69, 9.17) is 10.5 Å².